The third-order valence-corrected chi connectivity index (χ3v) is 4.44. The molecule has 0 amide bonds. The van der Waals surface area contributed by atoms with Crippen molar-refractivity contribution in [2.24, 2.45) is 0 Å². The average molecular weight is 338 g/mol. The molecule has 0 spiro atoms. The van der Waals surface area contributed by atoms with Crippen LogP contribution in [0.15, 0.2) is 28.7 Å². The largest absolute Gasteiger partial charge is 0.369 e. The molecule has 106 valence electrons. The molecule has 0 saturated carbocycles. The fourth-order valence-corrected chi connectivity index (χ4v) is 3.52. The molecular formula is C15H17BrFN3. The Morgan fingerprint density at radius 1 is 1.45 bits per heavy atom. The van der Waals surface area contributed by atoms with Crippen molar-refractivity contribution in [3.05, 3.63) is 45.8 Å². The van der Waals surface area contributed by atoms with Crippen molar-refractivity contribution in [2.75, 3.05) is 11.9 Å². The molecule has 1 atom stereocenters. The predicted octanol–water partition coefficient (Wildman–Crippen LogP) is 4.31. The van der Waals surface area contributed by atoms with E-state index in [2.05, 4.69) is 35.1 Å². The topological polar surface area (TPSA) is 29.9 Å². The van der Waals surface area contributed by atoms with Gasteiger partial charge in [0, 0.05) is 6.54 Å². The van der Waals surface area contributed by atoms with E-state index in [4.69, 9.17) is 5.10 Å². The molecular weight excluding hydrogens is 321 g/mol. The van der Waals surface area contributed by atoms with Crippen LogP contribution in [0, 0.1) is 5.82 Å². The lowest BCUT2D eigenvalue weighted by Gasteiger charge is -2.26. The molecule has 2 aromatic rings. The van der Waals surface area contributed by atoms with Gasteiger partial charge in [-0.2, -0.15) is 5.10 Å². The molecule has 0 aliphatic carbocycles. The molecule has 3 nitrogen and oxygen atoms in total. The van der Waals surface area contributed by atoms with Crippen LogP contribution >= 0.6 is 15.9 Å². The van der Waals surface area contributed by atoms with Gasteiger partial charge in [0.15, 0.2) is 0 Å². The maximum Gasteiger partial charge on any atom is 0.139 e. The van der Waals surface area contributed by atoms with Crippen LogP contribution in [0.1, 0.15) is 43.5 Å². The second kappa shape index (κ2) is 5.20. The molecule has 0 fully saturated rings. The Morgan fingerprint density at radius 2 is 2.25 bits per heavy atom. The van der Waals surface area contributed by atoms with Crippen molar-refractivity contribution in [3.63, 3.8) is 0 Å². The number of hydrogen-bond acceptors (Lipinski definition) is 2. The van der Waals surface area contributed by atoms with E-state index >= 15 is 0 Å². The summed E-state index contributed by atoms with van der Waals surface area (Å²) in [6.45, 7) is 5.11. The average Bonchev–Trinajstić information content (AvgIpc) is 2.76. The summed E-state index contributed by atoms with van der Waals surface area (Å²) in [4.78, 5) is 0. The fourth-order valence-electron chi connectivity index (χ4n) is 2.66. The molecule has 20 heavy (non-hydrogen) atoms. The Bertz CT molecular complexity index is 636. The van der Waals surface area contributed by atoms with Gasteiger partial charge in [0.2, 0.25) is 0 Å². The van der Waals surface area contributed by atoms with Gasteiger partial charge in [-0.1, -0.05) is 26.0 Å². The Labute approximate surface area is 126 Å². The van der Waals surface area contributed by atoms with Crippen molar-refractivity contribution >= 4 is 21.7 Å². The van der Waals surface area contributed by atoms with Crippen LogP contribution in [-0.2, 0) is 0 Å². The van der Waals surface area contributed by atoms with Crippen molar-refractivity contribution < 1.29 is 4.39 Å². The summed E-state index contributed by atoms with van der Waals surface area (Å²) in [5, 5.41) is 8.10. The standard InChI is InChI=1S/C15H17BrFN3/c1-9(2)14-13(16)15-18-7-6-12(20(15)19-14)10-4-3-5-11(17)8-10/h3-5,8-9,12,18H,6-7H2,1-2H3. The third kappa shape index (κ3) is 2.24. The first kappa shape index (κ1) is 13.6. The first-order chi connectivity index (χ1) is 9.58. The summed E-state index contributed by atoms with van der Waals surface area (Å²) in [5.41, 5.74) is 2.01. The van der Waals surface area contributed by atoms with Crippen LogP contribution in [0.3, 0.4) is 0 Å². The quantitative estimate of drug-likeness (QED) is 0.884. The predicted molar refractivity (Wildman–Crippen MR) is 81.7 cm³/mol. The highest BCUT2D eigenvalue weighted by Gasteiger charge is 2.27. The van der Waals surface area contributed by atoms with Gasteiger partial charge in [-0.15, -0.1) is 0 Å². The van der Waals surface area contributed by atoms with E-state index < -0.39 is 0 Å². The van der Waals surface area contributed by atoms with E-state index in [-0.39, 0.29) is 11.9 Å². The van der Waals surface area contributed by atoms with E-state index in [1.54, 1.807) is 12.1 Å². The minimum absolute atomic E-state index is 0.0887. The van der Waals surface area contributed by atoms with Gasteiger partial charge in [0.25, 0.3) is 0 Å². The third-order valence-electron chi connectivity index (χ3n) is 3.66. The molecule has 1 aliphatic heterocycles. The minimum Gasteiger partial charge on any atom is -0.369 e. The number of nitrogens with zero attached hydrogens (tertiary/aromatic N) is 2. The van der Waals surface area contributed by atoms with E-state index in [1.165, 1.54) is 6.07 Å². The van der Waals surface area contributed by atoms with Gasteiger partial charge in [0.05, 0.1) is 16.2 Å². The van der Waals surface area contributed by atoms with Gasteiger partial charge in [-0.25, -0.2) is 9.07 Å². The van der Waals surface area contributed by atoms with Gasteiger partial charge >= 0.3 is 0 Å². The van der Waals surface area contributed by atoms with Crippen molar-refractivity contribution in [2.45, 2.75) is 32.2 Å². The molecule has 2 heterocycles. The molecule has 1 aromatic carbocycles. The monoisotopic (exact) mass is 337 g/mol. The normalized spacial score (nSPS) is 17.9. The number of aromatic nitrogens is 2. The summed E-state index contributed by atoms with van der Waals surface area (Å²) in [6, 6.07) is 6.89. The van der Waals surface area contributed by atoms with Crippen molar-refractivity contribution in [3.8, 4) is 0 Å². The number of halogens is 2. The van der Waals surface area contributed by atoms with E-state index in [0.29, 0.717) is 5.92 Å². The first-order valence-electron chi connectivity index (χ1n) is 6.85. The van der Waals surface area contributed by atoms with Crippen molar-refractivity contribution in [1.29, 1.82) is 0 Å². The number of anilines is 1. The number of rotatable bonds is 2. The van der Waals surface area contributed by atoms with Crippen LogP contribution in [0.2, 0.25) is 0 Å². The van der Waals surface area contributed by atoms with E-state index in [0.717, 1.165) is 34.5 Å². The highest BCUT2D eigenvalue weighted by atomic mass is 79.9. The number of hydrogen-bond donors (Lipinski definition) is 1. The van der Waals surface area contributed by atoms with Crippen LogP contribution in [-0.4, -0.2) is 16.3 Å². The summed E-state index contributed by atoms with van der Waals surface area (Å²) >= 11 is 3.63. The summed E-state index contributed by atoms with van der Waals surface area (Å²) in [7, 11) is 0. The highest BCUT2D eigenvalue weighted by molar-refractivity contribution is 9.10. The molecule has 0 bridgehead atoms. The smallest absolute Gasteiger partial charge is 0.139 e. The second-order valence-corrected chi connectivity index (χ2v) is 6.23. The zero-order valence-corrected chi connectivity index (χ0v) is 13.1. The molecule has 0 saturated heterocycles. The highest BCUT2D eigenvalue weighted by Crippen LogP contribution is 2.38. The number of benzene rings is 1. The number of nitrogens with one attached hydrogen (secondary N) is 1. The van der Waals surface area contributed by atoms with Gasteiger partial charge in [0.1, 0.15) is 11.6 Å². The minimum atomic E-state index is -0.196. The fraction of sp³-hybridized carbons (Fsp3) is 0.400. The van der Waals surface area contributed by atoms with Crippen molar-refractivity contribution in [1.82, 2.24) is 9.78 Å². The van der Waals surface area contributed by atoms with Crippen LogP contribution in [0.25, 0.3) is 0 Å². The molecule has 1 aromatic heterocycles. The first-order valence-corrected chi connectivity index (χ1v) is 7.64. The summed E-state index contributed by atoms with van der Waals surface area (Å²) < 4.78 is 16.5. The molecule has 3 rings (SSSR count). The lowest BCUT2D eigenvalue weighted by Crippen LogP contribution is -2.24. The molecule has 1 aliphatic rings. The van der Waals surface area contributed by atoms with E-state index in [9.17, 15) is 4.39 Å². The number of fused-ring (bicyclic) bond motifs is 1. The van der Waals surface area contributed by atoms with E-state index in [1.807, 2.05) is 10.7 Å². The SMILES string of the molecule is CC(C)c1nn2c(c1Br)NCCC2c1cccc(F)c1. The second-order valence-electron chi connectivity index (χ2n) is 5.43. The zero-order valence-electron chi connectivity index (χ0n) is 11.5. The zero-order chi connectivity index (χ0) is 14.3. The Hall–Kier alpha value is -1.36. The molecule has 0 radical (unpaired) electrons. The van der Waals surface area contributed by atoms with Gasteiger partial charge in [-0.3, -0.25) is 0 Å². The maximum atomic E-state index is 13.5. The Morgan fingerprint density at radius 3 is 2.95 bits per heavy atom. The molecule has 1 unspecified atom stereocenters. The molecule has 1 N–H and O–H groups in total. The molecule has 5 heteroatoms. The lowest BCUT2D eigenvalue weighted by molar-refractivity contribution is 0.473. The van der Waals surface area contributed by atoms with Gasteiger partial charge in [-0.05, 0) is 46.0 Å². The maximum absolute atomic E-state index is 13.5. The summed E-state index contributed by atoms with van der Waals surface area (Å²) in [6.07, 6.45) is 0.905. The van der Waals surface area contributed by atoms with Gasteiger partial charge < -0.3 is 5.32 Å². The lowest BCUT2D eigenvalue weighted by atomic mass is 10.0. The van der Waals surface area contributed by atoms with Crippen LogP contribution in [0.5, 0.6) is 0 Å². The van der Waals surface area contributed by atoms with Crippen LogP contribution < -0.4 is 5.32 Å². The Balaban J connectivity index is 2.08. The van der Waals surface area contributed by atoms with Crippen LogP contribution in [0.4, 0.5) is 10.2 Å². The summed E-state index contributed by atoms with van der Waals surface area (Å²) in [5.74, 6) is 1.14. The Kier molecular flexibility index (Phi) is 3.54.